The third-order valence-electron chi connectivity index (χ3n) is 5.70. The summed E-state index contributed by atoms with van der Waals surface area (Å²) in [5.74, 6) is 1.91. The first-order valence-corrected chi connectivity index (χ1v) is 10.6. The summed E-state index contributed by atoms with van der Waals surface area (Å²) in [6, 6.07) is 19.9. The number of ether oxygens (including phenoxy) is 1. The number of anilines is 1. The van der Waals surface area contributed by atoms with E-state index >= 15 is 0 Å². The predicted octanol–water partition coefficient (Wildman–Crippen LogP) is 4.40. The molecule has 3 heterocycles. The van der Waals surface area contributed by atoms with Gasteiger partial charge in [-0.15, -0.1) is 0 Å². The summed E-state index contributed by atoms with van der Waals surface area (Å²) in [4.78, 5) is 23.9. The Labute approximate surface area is 181 Å². The normalized spacial score (nSPS) is 16.2. The fraction of sp³-hybridized carbons (Fsp3) is 0.240. The van der Waals surface area contributed by atoms with E-state index in [0.717, 1.165) is 33.9 Å². The number of benzene rings is 2. The van der Waals surface area contributed by atoms with Crippen molar-refractivity contribution < 1.29 is 9.53 Å². The van der Waals surface area contributed by atoms with Crippen LogP contribution >= 0.6 is 0 Å². The van der Waals surface area contributed by atoms with Gasteiger partial charge in [-0.3, -0.25) is 9.78 Å². The summed E-state index contributed by atoms with van der Waals surface area (Å²) < 4.78 is 7.75. The van der Waals surface area contributed by atoms with Crippen molar-refractivity contribution in [3.8, 4) is 5.75 Å². The van der Waals surface area contributed by atoms with E-state index in [1.54, 1.807) is 6.20 Å². The van der Waals surface area contributed by atoms with Crippen molar-refractivity contribution >= 4 is 22.6 Å². The fourth-order valence-corrected chi connectivity index (χ4v) is 4.27. The van der Waals surface area contributed by atoms with Crippen LogP contribution < -0.4 is 9.64 Å². The minimum atomic E-state index is 0.0307. The average Bonchev–Trinajstić information content (AvgIpc) is 3.36. The molecule has 6 heteroatoms. The molecule has 31 heavy (non-hydrogen) atoms. The van der Waals surface area contributed by atoms with Crippen molar-refractivity contribution in [2.45, 2.75) is 25.8 Å². The molecule has 2 aromatic carbocycles. The third-order valence-corrected chi connectivity index (χ3v) is 5.70. The monoisotopic (exact) mass is 412 g/mol. The molecule has 1 aliphatic heterocycles. The fourth-order valence-electron chi connectivity index (χ4n) is 4.27. The van der Waals surface area contributed by atoms with Gasteiger partial charge in [0.25, 0.3) is 0 Å². The summed E-state index contributed by atoms with van der Waals surface area (Å²) in [6.45, 7) is 3.87. The van der Waals surface area contributed by atoms with Gasteiger partial charge in [0.15, 0.2) is 0 Å². The second kappa shape index (κ2) is 8.22. The Morgan fingerprint density at radius 1 is 1.06 bits per heavy atom. The van der Waals surface area contributed by atoms with E-state index in [-0.39, 0.29) is 11.8 Å². The van der Waals surface area contributed by atoms with Gasteiger partial charge >= 0.3 is 0 Å². The molecule has 0 bridgehead atoms. The highest BCUT2D eigenvalue weighted by Gasteiger charge is 2.34. The van der Waals surface area contributed by atoms with Crippen LogP contribution in [-0.4, -0.2) is 33.6 Å². The Balaban J connectivity index is 1.47. The molecule has 6 nitrogen and oxygen atoms in total. The maximum absolute atomic E-state index is 12.9. The summed E-state index contributed by atoms with van der Waals surface area (Å²) in [5, 5.41) is 0. The minimum Gasteiger partial charge on any atom is -0.494 e. The number of hydrogen-bond acceptors (Lipinski definition) is 4. The quantitative estimate of drug-likeness (QED) is 0.471. The lowest BCUT2D eigenvalue weighted by Gasteiger charge is -2.18. The zero-order valence-corrected chi connectivity index (χ0v) is 17.4. The summed E-state index contributed by atoms with van der Waals surface area (Å²) >= 11 is 0. The number of hydrogen-bond donors (Lipinski definition) is 0. The molecule has 1 aliphatic rings. The maximum atomic E-state index is 12.9. The molecule has 0 radical (unpaired) electrons. The van der Waals surface area contributed by atoms with Crippen molar-refractivity contribution in [3.05, 3.63) is 84.4 Å². The largest absolute Gasteiger partial charge is 0.494 e. The van der Waals surface area contributed by atoms with Crippen LogP contribution in [0.4, 0.5) is 5.69 Å². The van der Waals surface area contributed by atoms with Gasteiger partial charge in [0.05, 0.1) is 24.2 Å². The highest BCUT2D eigenvalue weighted by Crippen LogP contribution is 2.34. The highest BCUT2D eigenvalue weighted by atomic mass is 16.5. The van der Waals surface area contributed by atoms with Crippen LogP contribution in [0.25, 0.3) is 11.0 Å². The average molecular weight is 412 g/mol. The van der Waals surface area contributed by atoms with Gasteiger partial charge < -0.3 is 14.2 Å². The van der Waals surface area contributed by atoms with Crippen LogP contribution in [0.5, 0.6) is 5.75 Å². The Kier molecular flexibility index (Phi) is 5.12. The maximum Gasteiger partial charge on any atom is 0.227 e. The molecule has 156 valence electrons. The zero-order valence-electron chi connectivity index (χ0n) is 17.4. The smallest absolute Gasteiger partial charge is 0.227 e. The van der Waals surface area contributed by atoms with E-state index in [2.05, 4.69) is 21.7 Å². The van der Waals surface area contributed by atoms with Gasteiger partial charge in [0, 0.05) is 37.0 Å². The van der Waals surface area contributed by atoms with Gasteiger partial charge in [-0.25, -0.2) is 4.98 Å². The number of amides is 1. The zero-order chi connectivity index (χ0) is 21.2. The first-order chi connectivity index (χ1) is 15.2. The molecule has 0 aliphatic carbocycles. The van der Waals surface area contributed by atoms with Crippen LogP contribution in [0.1, 0.15) is 30.7 Å². The molecule has 1 saturated heterocycles. The molecule has 1 unspecified atom stereocenters. The third kappa shape index (κ3) is 3.77. The molecule has 0 N–H and O–H groups in total. The lowest BCUT2D eigenvalue weighted by atomic mass is 10.1. The lowest BCUT2D eigenvalue weighted by molar-refractivity contribution is -0.117. The number of pyridine rings is 1. The first-order valence-electron chi connectivity index (χ1n) is 10.6. The van der Waals surface area contributed by atoms with Crippen molar-refractivity contribution in [3.63, 3.8) is 0 Å². The molecule has 2 aromatic heterocycles. The highest BCUT2D eigenvalue weighted by molar-refractivity contribution is 5.96. The van der Waals surface area contributed by atoms with Crippen LogP contribution in [0, 0.1) is 0 Å². The van der Waals surface area contributed by atoms with Crippen LogP contribution in [0.3, 0.4) is 0 Å². The number of nitrogens with zero attached hydrogens (tertiary/aromatic N) is 4. The second-order valence-electron chi connectivity index (χ2n) is 7.74. The number of fused-ring (bicyclic) bond motifs is 1. The molecule has 0 saturated carbocycles. The molecule has 5 rings (SSSR count). The van der Waals surface area contributed by atoms with Crippen LogP contribution in [-0.2, 0) is 11.3 Å². The van der Waals surface area contributed by atoms with Gasteiger partial charge in [-0.1, -0.05) is 18.2 Å². The summed E-state index contributed by atoms with van der Waals surface area (Å²) in [6.07, 6.45) is 4.11. The topological polar surface area (TPSA) is 60.2 Å². The summed E-state index contributed by atoms with van der Waals surface area (Å²) in [7, 11) is 0. The van der Waals surface area contributed by atoms with Gasteiger partial charge in [0.1, 0.15) is 11.6 Å². The van der Waals surface area contributed by atoms with Crippen molar-refractivity contribution in [2.24, 2.45) is 0 Å². The minimum absolute atomic E-state index is 0.0307. The van der Waals surface area contributed by atoms with Gasteiger partial charge in [-0.2, -0.15) is 0 Å². The standard InChI is InChI=1S/C25H24N4O2/c1-2-31-21-11-9-20(10-12-21)28-17-19(14-24(28)30)25-27-22-7-3-4-8-23(22)29(25)16-18-6-5-13-26-15-18/h3-13,15,19H,2,14,16-17H2,1H3. The predicted molar refractivity (Wildman–Crippen MR) is 120 cm³/mol. The van der Waals surface area contributed by atoms with E-state index in [1.807, 2.05) is 66.6 Å². The van der Waals surface area contributed by atoms with Crippen LogP contribution in [0.15, 0.2) is 73.1 Å². The van der Waals surface area contributed by atoms with Crippen molar-refractivity contribution in [1.82, 2.24) is 14.5 Å². The molecule has 0 spiro atoms. The first kappa shape index (κ1) is 19.3. The SMILES string of the molecule is CCOc1ccc(N2CC(c3nc4ccccc4n3Cc3cccnc3)CC2=O)cc1. The van der Waals surface area contributed by atoms with E-state index in [0.29, 0.717) is 26.1 Å². The van der Waals surface area contributed by atoms with Gasteiger partial charge in [0.2, 0.25) is 5.91 Å². The van der Waals surface area contributed by atoms with Crippen molar-refractivity contribution in [2.75, 3.05) is 18.1 Å². The van der Waals surface area contributed by atoms with E-state index < -0.39 is 0 Å². The molecule has 1 amide bonds. The van der Waals surface area contributed by atoms with Gasteiger partial charge in [-0.05, 0) is 55.0 Å². The molecule has 1 atom stereocenters. The number of imidazole rings is 1. The Morgan fingerprint density at radius 2 is 1.90 bits per heavy atom. The lowest BCUT2D eigenvalue weighted by Crippen LogP contribution is -2.24. The number of carbonyl (C=O) groups is 1. The second-order valence-corrected chi connectivity index (χ2v) is 7.74. The Hall–Kier alpha value is -3.67. The summed E-state index contributed by atoms with van der Waals surface area (Å²) in [5.41, 5.74) is 4.03. The Morgan fingerprint density at radius 3 is 2.68 bits per heavy atom. The van der Waals surface area contributed by atoms with E-state index in [9.17, 15) is 4.79 Å². The van der Waals surface area contributed by atoms with Crippen molar-refractivity contribution in [1.29, 1.82) is 0 Å². The van der Waals surface area contributed by atoms with E-state index in [1.165, 1.54) is 0 Å². The molecular weight excluding hydrogens is 388 g/mol. The molecule has 4 aromatic rings. The molecule has 1 fully saturated rings. The number of rotatable bonds is 6. The number of para-hydroxylation sites is 2. The number of carbonyl (C=O) groups excluding carboxylic acids is 1. The van der Waals surface area contributed by atoms with E-state index in [4.69, 9.17) is 9.72 Å². The molecular formula is C25H24N4O2. The number of aromatic nitrogens is 3. The Bertz CT molecular complexity index is 1200. The van der Waals surface area contributed by atoms with Crippen LogP contribution in [0.2, 0.25) is 0 Å².